The molecule has 28 heavy (non-hydrogen) atoms. The van der Waals surface area contributed by atoms with Gasteiger partial charge in [-0.15, -0.1) is 0 Å². The second kappa shape index (κ2) is 7.48. The molecule has 0 saturated heterocycles. The lowest BCUT2D eigenvalue weighted by atomic mass is 10.1. The molecule has 0 aliphatic heterocycles. The summed E-state index contributed by atoms with van der Waals surface area (Å²) < 4.78 is 7.26. The average molecular weight is 458 g/mol. The molecule has 0 aliphatic carbocycles. The van der Waals surface area contributed by atoms with Gasteiger partial charge in [0, 0.05) is 6.20 Å². The molecule has 144 valence electrons. The van der Waals surface area contributed by atoms with Gasteiger partial charge in [0.15, 0.2) is 10.6 Å². The third kappa shape index (κ3) is 3.59. The lowest BCUT2D eigenvalue weighted by molar-refractivity contribution is 0.621. The van der Waals surface area contributed by atoms with E-state index in [1.807, 2.05) is 34.0 Å². The minimum Gasteiger partial charge on any atom is -0.267 e. The molecule has 9 heteroatoms. The van der Waals surface area contributed by atoms with Crippen LogP contribution in [0.2, 0.25) is 0 Å². The molecule has 0 bridgehead atoms. The molecule has 4 aromatic rings. The molecule has 1 N–H and O–H groups in total. The van der Waals surface area contributed by atoms with Crippen LogP contribution in [0.5, 0.6) is 0 Å². The van der Waals surface area contributed by atoms with Gasteiger partial charge in [0.05, 0.1) is 34.3 Å². The van der Waals surface area contributed by atoms with E-state index in [1.54, 1.807) is 6.20 Å². The van der Waals surface area contributed by atoms with Crippen LogP contribution in [0.4, 0.5) is 0 Å². The largest absolute Gasteiger partial charge is 0.267 e. The monoisotopic (exact) mass is 457 g/mol. The van der Waals surface area contributed by atoms with Crippen molar-refractivity contribution in [3.8, 4) is 5.69 Å². The molecular formula is C19H20BrN7S. The van der Waals surface area contributed by atoms with Crippen molar-refractivity contribution < 1.29 is 0 Å². The highest BCUT2D eigenvalue weighted by molar-refractivity contribution is 9.10. The molecular weight excluding hydrogens is 438 g/mol. The van der Waals surface area contributed by atoms with E-state index in [0.29, 0.717) is 17.9 Å². The molecule has 3 aromatic heterocycles. The normalized spacial score (nSPS) is 11.3. The van der Waals surface area contributed by atoms with Crippen LogP contribution in [0.15, 0.2) is 41.1 Å². The van der Waals surface area contributed by atoms with Crippen molar-refractivity contribution in [3.63, 3.8) is 0 Å². The van der Waals surface area contributed by atoms with Crippen molar-refractivity contribution in [2.24, 2.45) is 0 Å². The molecule has 0 unspecified atom stereocenters. The van der Waals surface area contributed by atoms with Gasteiger partial charge in [-0.1, -0.05) is 29.8 Å². The molecule has 0 fully saturated rings. The predicted molar refractivity (Wildman–Crippen MR) is 113 cm³/mol. The molecule has 7 nitrogen and oxygen atoms in total. The number of aromatic amines is 1. The van der Waals surface area contributed by atoms with Gasteiger partial charge in [-0.25, -0.2) is 0 Å². The highest BCUT2D eigenvalue weighted by Gasteiger charge is 2.15. The van der Waals surface area contributed by atoms with E-state index in [2.05, 4.69) is 67.5 Å². The maximum atomic E-state index is 5.46. The Hall–Kier alpha value is -2.52. The Morgan fingerprint density at radius 3 is 2.54 bits per heavy atom. The Bertz CT molecular complexity index is 1180. The van der Waals surface area contributed by atoms with Gasteiger partial charge >= 0.3 is 0 Å². The van der Waals surface area contributed by atoms with Crippen molar-refractivity contribution in [1.29, 1.82) is 0 Å². The van der Waals surface area contributed by atoms with E-state index < -0.39 is 0 Å². The summed E-state index contributed by atoms with van der Waals surface area (Å²) in [4.78, 5) is 0. The first kappa shape index (κ1) is 18.8. The van der Waals surface area contributed by atoms with Gasteiger partial charge < -0.3 is 0 Å². The number of H-pyrrole nitrogens is 1. The summed E-state index contributed by atoms with van der Waals surface area (Å²) in [6.07, 6.45) is 3.78. The molecule has 0 amide bonds. The molecule has 0 saturated carbocycles. The van der Waals surface area contributed by atoms with Crippen molar-refractivity contribution in [3.05, 3.63) is 74.2 Å². The smallest absolute Gasteiger partial charge is 0.200 e. The minimum atomic E-state index is 0.508. The maximum Gasteiger partial charge on any atom is 0.200 e. The van der Waals surface area contributed by atoms with E-state index in [0.717, 1.165) is 27.4 Å². The summed E-state index contributed by atoms with van der Waals surface area (Å²) in [6.45, 7) is 7.29. The summed E-state index contributed by atoms with van der Waals surface area (Å²) in [5.41, 5.74) is 5.32. The SMILES string of the molecule is Cc1ccc(Cn2cc(-n3c(Cn4nc(C)c(Br)c4C)n[nH]c3=S)cn2)cc1. The van der Waals surface area contributed by atoms with Gasteiger partial charge in [0.2, 0.25) is 0 Å². The molecule has 0 aliphatic rings. The van der Waals surface area contributed by atoms with Crippen LogP contribution in [-0.2, 0) is 13.1 Å². The van der Waals surface area contributed by atoms with E-state index in [1.165, 1.54) is 11.1 Å². The molecule has 1 aromatic carbocycles. The van der Waals surface area contributed by atoms with E-state index >= 15 is 0 Å². The summed E-state index contributed by atoms with van der Waals surface area (Å²) >= 11 is 9.03. The Morgan fingerprint density at radius 2 is 1.86 bits per heavy atom. The number of benzene rings is 1. The molecule has 4 rings (SSSR count). The lowest BCUT2D eigenvalue weighted by Crippen LogP contribution is -2.10. The number of aryl methyl sites for hydroxylation is 2. The fourth-order valence-electron chi connectivity index (χ4n) is 3.10. The van der Waals surface area contributed by atoms with Gasteiger partial charge in [-0.2, -0.15) is 15.3 Å². The van der Waals surface area contributed by atoms with Crippen molar-refractivity contribution in [2.75, 3.05) is 0 Å². The van der Waals surface area contributed by atoms with Gasteiger partial charge in [-0.05, 0) is 54.5 Å². The lowest BCUT2D eigenvalue weighted by Gasteiger charge is -2.06. The molecule has 0 atom stereocenters. The second-order valence-corrected chi connectivity index (χ2v) is 7.98. The first-order chi connectivity index (χ1) is 13.4. The zero-order valence-electron chi connectivity index (χ0n) is 15.8. The van der Waals surface area contributed by atoms with E-state index in [-0.39, 0.29) is 0 Å². The summed E-state index contributed by atoms with van der Waals surface area (Å²) in [5, 5.41) is 16.3. The Morgan fingerprint density at radius 1 is 1.11 bits per heavy atom. The number of nitrogens with zero attached hydrogens (tertiary/aromatic N) is 6. The fourth-order valence-corrected chi connectivity index (χ4v) is 3.64. The van der Waals surface area contributed by atoms with Crippen LogP contribution in [0, 0.1) is 25.5 Å². The Balaban J connectivity index is 1.62. The number of nitrogens with one attached hydrogen (secondary N) is 1. The number of halogens is 1. The standard InChI is InChI=1S/C19H20BrN7S/c1-12-4-6-15(7-5-12)9-25-10-16(8-21-25)27-17(22-23-19(27)28)11-26-14(3)18(20)13(2)24-26/h4-8,10H,9,11H2,1-3H3,(H,23,28). The van der Waals surface area contributed by atoms with Crippen molar-refractivity contribution >= 4 is 28.1 Å². The van der Waals surface area contributed by atoms with E-state index in [4.69, 9.17) is 12.2 Å². The van der Waals surface area contributed by atoms with Crippen molar-refractivity contribution in [1.82, 2.24) is 34.3 Å². The van der Waals surface area contributed by atoms with Gasteiger partial charge in [0.1, 0.15) is 6.54 Å². The summed E-state index contributed by atoms with van der Waals surface area (Å²) in [7, 11) is 0. The van der Waals surface area contributed by atoms with Crippen LogP contribution in [-0.4, -0.2) is 34.3 Å². The third-order valence-electron chi connectivity index (χ3n) is 4.67. The molecule has 0 radical (unpaired) electrons. The van der Waals surface area contributed by atoms with Crippen LogP contribution in [0.1, 0.15) is 28.3 Å². The highest BCUT2D eigenvalue weighted by atomic mass is 79.9. The molecule has 3 heterocycles. The number of hydrogen-bond donors (Lipinski definition) is 1. The predicted octanol–water partition coefficient (Wildman–Crippen LogP) is 4.11. The minimum absolute atomic E-state index is 0.508. The van der Waals surface area contributed by atoms with Gasteiger partial charge in [-0.3, -0.25) is 19.0 Å². The Kier molecular flexibility index (Phi) is 5.03. The highest BCUT2D eigenvalue weighted by Crippen LogP contribution is 2.21. The first-order valence-corrected chi connectivity index (χ1v) is 10.1. The average Bonchev–Trinajstić information content (AvgIpc) is 3.33. The van der Waals surface area contributed by atoms with E-state index in [9.17, 15) is 0 Å². The maximum absolute atomic E-state index is 5.46. The van der Waals surface area contributed by atoms with Crippen LogP contribution in [0.3, 0.4) is 0 Å². The van der Waals surface area contributed by atoms with Crippen LogP contribution in [0.25, 0.3) is 5.69 Å². The number of aromatic nitrogens is 7. The number of rotatable bonds is 5. The zero-order chi connectivity index (χ0) is 19.8. The number of hydrogen-bond acceptors (Lipinski definition) is 4. The fraction of sp³-hybridized carbons (Fsp3) is 0.263. The zero-order valence-corrected chi connectivity index (χ0v) is 18.3. The van der Waals surface area contributed by atoms with Crippen LogP contribution < -0.4 is 0 Å². The Labute approximate surface area is 176 Å². The summed E-state index contributed by atoms with van der Waals surface area (Å²) in [6, 6.07) is 8.45. The van der Waals surface area contributed by atoms with Gasteiger partial charge in [0.25, 0.3) is 0 Å². The van der Waals surface area contributed by atoms with Crippen LogP contribution >= 0.6 is 28.1 Å². The first-order valence-electron chi connectivity index (χ1n) is 8.86. The third-order valence-corrected chi connectivity index (χ3v) is 6.09. The van der Waals surface area contributed by atoms with Crippen molar-refractivity contribution in [2.45, 2.75) is 33.9 Å². The summed E-state index contributed by atoms with van der Waals surface area (Å²) in [5.74, 6) is 0.776. The topological polar surface area (TPSA) is 69.2 Å². The molecule has 0 spiro atoms. The quantitative estimate of drug-likeness (QED) is 0.457. The second-order valence-electron chi connectivity index (χ2n) is 6.80.